The summed E-state index contributed by atoms with van der Waals surface area (Å²) in [6.45, 7) is 1.57. The second-order valence-corrected chi connectivity index (χ2v) is 4.00. The van der Waals surface area contributed by atoms with Crippen molar-refractivity contribution >= 4 is 11.6 Å². The predicted octanol–water partition coefficient (Wildman–Crippen LogP) is 2.36. The van der Waals surface area contributed by atoms with Crippen molar-refractivity contribution in [1.29, 1.82) is 0 Å². The van der Waals surface area contributed by atoms with Gasteiger partial charge in [-0.25, -0.2) is 0 Å². The van der Waals surface area contributed by atoms with Crippen molar-refractivity contribution in [2.45, 2.75) is 18.9 Å². The van der Waals surface area contributed by atoms with E-state index in [1.54, 1.807) is 6.26 Å². The molecule has 1 aromatic heterocycles. The number of nitrogens with two attached hydrogens (primary N) is 1. The maximum absolute atomic E-state index is 6.09. The Hall–Kier alpha value is -0.510. The molecule has 78 valence electrons. The number of hydrogen-bond donors (Lipinski definition) is 1. The third-order valence-corrected chi connectivity index (χ3v) is 3.02. The molecule has 1 fully saturated rings. The van der Waals surface area contributed by atoms with Gasteiger partial charge in [0.1, 0.15) is 0 Å². The molecule has 1 aliphatic rings. The summed E-state index contributed by atoms with van der Waals surface area (Å²) in [5.74, 6) is 0.360. The SMILES string of the molecule is NC(c1ccoc1Cl)C1CCCOC1. The first-order valence-electron chi connectivity index (χ1n) is 4.85. The lowest BCUT2D eigenvalue weighted by molar-refractivity contribution is 0.0447. The molecule has 0 amide bonds. The molecule has 4 heteroatoms. The van der Waals surface area contributed by atoms with Gasteiger partial charge < -0.3 is 14.9 Å². The van der Waals surface area contributed by atoms with Gasteiger partial charge in [-0.3, -0.25) is 0 Å². The van der Waals surface area contributed by atoms with E-state index in [9.17, 15) is 0 Å². The molecule has 0 saturated carbocycles. The number of rotatable bonds is 2. The average Bonchev–Trinajstić information content (AvgIpc) is 2.65. The number of furan rings is 1. The van der Waals surface area contributed by atoms with E-state index in [0.717, 1.165) is 31.6 Å². The smallest absolute Gasteiger partial charge is 0.197 e. The molecule has 2 rings (SSSR count). The molecule has 3 nitrogen and oxygen atoms in total. The first kappa shape index (κ1) is 10.0. The molecular weight excluding hydrogens is 202 g/mol. The predicted molar refractivity (Wildman–Crippen MR) is 54.2 cm³/mol. The van der Waals surface area contributed by atoms with Crippen molar-refractivity contribution < 1.29 is 9.15 Å². The van der Waals surface area contributed by atoms with Crippen LogP contribution < -0.4 is 5.73 Å². The van der Waals surface area contributed by atoms with Gasteiger partial charge >= 0.3 is 0 Å². The van der Waals surface area contributed by atoms with Crippen LogP contribution in [0.5, 0.6) is 0 Å². The van der Waals surface area contributed by atoms with Gasteiger partial charge in [0.2, 0.25) is 0 Å². The Kier molecular flexibility index (Phi) is 3.11. The van der Waals surface area contributed by atoms with Gasteiger partial charge in [0.05, 0.1) is 12.9 Å². The highest BCUT2D eigenvalue weighted by Gasteiger charge is 2.25. The number of halogens is 1. The molecule has 1 aromatic rings. The van der Waals surface area contributed by atoms with E-state index in [2.05, 4.69) is 0 Å². The molecule has 2 heterocycles. The highest BCUT2D eigenvalue weighted by molar-refractivity contribution is 6.29. The average molecular weight is 216 g/mol. The Labute approximate surface area is 88.2 Å². The normalized spacial score (nSPS) is 24.9. The molecule has 0 aliphatic carbocycles. The third-order valence-electron chi connectivity index (χ3n) is 2.71. The summed E-state index contributed by atoms with van der Waals surface area (Å²) in [6, 6.07) is 1.77. The van der Waals surface area contributed by atoms with Crippen molar-refractivity contribution in [2.24, 2.45) is 11.7 Å². The largest absolute Gasteiger partial charge is 0.453 e. The van der Waals surface area contributed by atoms with Crippen LogP contribution in [0, 0.1) is 5.92 Å². The minimum absolute atomic E-state index is 0.0680. The molecule has 1 aliphatic heterocycles. The second-order valence-electron chi connectivity index (χ2n) is 3.65. The topological polar surface area (TPSA) is 48.4 Å². The Bertz CT molecular complexity index is 294. The van der Waals surface area contributed by atoms with E-state index in [0.29, 0.717) is 11.1 Å². The molecule has 2 N–H and O–H groups in total. The van der Waals surface area contributed by atoms with Gasteiger partial charge in [0.25, 0.3) is 0 Å². The minimum Gasteiger partial charge on any atom is -0.453 e. The van der Waals surface area contributed by atoms with E-state index >= 15 is 0 Å². The zero-order chi connectivity index (χ0) is 9.97. The molecule has 14 heavy (non-hydrogen) atoms. The zero-order valence-electron chi connectivity index (χ0n) is 7.91. The van der Waals surface area contributed by atoms with Crippen LogP contribution in [0.1, 0.15) is 24.4 Å². The Balaban J connectivity index is 2.07. The van der Waals surface area contributed by atoms with Crippen molar-refractivity contribution in [1.82, 2.24) is 0 Å². The fourth-order valence-electron chi connectivity index (χ4n) is 1.85. The molecule has 0 spiro atoms. The summed E-state index contributed by atoms with van der Waals surface area (Å²) >= 11 is 5.87. The van der Waals surface area contributed by atoms with E-state index in [-0.39, 0.29) is 6.04 Å². The molecule has 2 atom stereocenters. The monoisotopic (exact) mass is 215 g/mol. The molecule has 0 bridgehead atoms. The lowest BCUT2D eigenvalue weighted by Gasteiger charge is -2.27. The molecule has 0 radical (unpaired) electrons. The first-order valence-corrected chi connectivity index (χ1v) is 5.23. The summed E-state index contributed by atoms with van der Waals surface area (Å²) in [4.78, 5) is 0. The van der Waals surface area contributed by atoms with Crippen LogP contribution in [0.2, 0.25) is 5.22 Å². The highest BCUT2D eigenvalue weighted by atomic mass is 35.5. The second kappa shape index (κ2) is 4.34. The fourth-order valence-corrected chi connectivity index (χ4v) is 2.09. The van der Waals surface area contributed by atoms with Gasteiger partial charge in [-0.05, 0) is 30.5 Å². The summed E-state index contributed by atoms with van der Waals surface area (Å²) in [7, 11) is 0. The van der Waals surface area contributed by atoms with E-state index in [4.69, 9.17) is 26.5 Å². The summed E-state index contributed by atoms with van der Waals surface area (Å²) < 4.78 is 10.4. The van der Waals surface area contributed by atoms with Gasteiger partial charge in [-0.2, -0.15) is 0 Å². The van der Waals surface area contributed by atoms with Gasteiger partial charge in [0, 0.05) is 24.1 Å². The molecule has 0 aromatic carbocycles. The highest BCUT2D eigenvalue weighted by Crippen LogP contribution is 2.31. The number of ether oxygens (including phenoxy) is 1. The van der Waals surface area contributed by atoms with Crippen molar-refractivity contribution in [3.8, 4) is 0 Å². The molecular formula is C10H14ClNO2. The Morgan fingerprint density at radius 1 is 1.57 bits per heavy atom. The minimum atomic E-state index is -0.0680. The maximum atomic E-state index is 6.09. The quantitative estimate of drug-likeness (QED) is 0.824. The summed E-state index contributed by atoms with van der Waals surface area (Å²) in [5.41, 5.74) is 6.98. The van der Waals surface area contributed by atoms with Crippen molar-refractivity contribution in [3.63, 3.8) is 0 Å². The van der Waals surface area contributed by atoms with Crippen LogP contribution in [-0.2, 0) is 4.74 Å². The van der Waals surface area contributed by atoms with Gasteiger partial charge in [-0.15, -0.1) is 0 Å². The van der Waals surface area contributed by atoms with Crippen LogP contribution in [-0.4, -0.2) is 13.2 Å². The lowest BCUT2D eigenvalue weighted by atomic mass is 9.91. The number of hydrogen-bond acceptors (Lipinski definition) is 3. The van der Waals surface area contributed by atoms with E-state index in [1.807, 2.05) is 6.07 Å². The lowest BCUT2D eigenvalue weighted by Crippen LogP contribution is -2.28. The summed E-state index contributed by atoms with van der Waals surface area (Å²) in [5, 5.41) is 0.406. The standard InChI is InChI=1S/C10H14ClNO2/c11-10-8(3-5-14-10)9(12)7-2-1-4-13-6-7/h3,5,7,9H,1-2,4,6,12H2. The van der Waals surface area contributed by atoms with Crippen LogP contribution in [0.25, 0.3) is 0 Å². The van der Waals surface area contributed by atoms with Gasteiger partial charge in [0.15, 0.2) is 5.22 Å². The van der Waals surface area contributed by atoms with Gasteiger partial charge in [-0.1, -0.05) is 0 Å². The van der Waals surface area contributed by atoms with E-state index in [1.165, 1.54) is 0 Å². The Morgan fingerprint density at radius 3 is 3.00 bits per heavy atom. The maximum Gasteiger partial charge on any atom is 0.197 e. The third kappa shape index (κ3) is 1.95. The van der Waals surface area contributed by atoms with Crippen molar-refractivity contribution in [3.05, 3.63) is 23.1 Å². The molecule has 2 unspecified atom stereocenters. The van der Waals surface area contributed by atoms with Crippen LogP contribution in [0.15, 0.2) is 16.7 Å². The zero-order valence-corrected chi connectivity index (χ0v) is 8.67. The Morgan fingerprint density at radius 2 is 2.43 bits per heavy atom. The van der Waals surface area contributed by atoms with Crippen LogP contribution >= 0.6 is 11.6 Å². The van der Waals surface area contributed by atoms with Crippen molar-refractivity contribution in [2.75, 3.05) is 13.2 Å². The van der Waals surface area contributed by atoms with Crippen LogP contribution in [0.3, 0.4) is 0 Å². The van der Waals surface area contributed by atoms with Crippen LogP contribution in [0.4, 0.5) is 0 Å². The molecule has 1 saturated heterocycles. The fraction of sp³-hybridized carbons (Fsp3) is 0.600. The summed E-state index contributed by atoms with van der Waals surface area (Å²) in [6.07, 6.45) is 3.75. The first-order chi connectivity index (χ1) is 6.79. The van der Waals surface area contributed by atoms with E-state index < -0.39 is 0 Å².